The van der Waals surface area contributed by atoms with E-state index in [0.717, 1.165) is 35.6 Å². The summed E-state index contributed by atoms with van der Waals surface area (Å²) in [4.78, 5) is 31.4. The van der Waals surface area contributed by atoms with Gasteiger partial charge < -0.3 is 19.4 Å². The second-order valence-corrected chi connectivity index (χ2v) is 11.7. The molecular formula is C36H37N7O2. The van der Waals surface area contributed by atoms with Gasteiger partial charge in [0.1, 0.15) is 12.4 Å². The third-order valence-corrected chi connectivity index (χ3v) is 8.29. The number of anilines is 2. The normalized spacial score (nSPS) is 16.1. The smallest absolute Gasteiger partial charge is 0.410 e. The second-order valence-electron chi connectivity index (χ2n) is 11.7. The third-order valence-electron chi connectivity index (χ3n) is 8.29. The van der Waals surface area contributed by atoms with E-state index in [1.54, 1.807) is 4.90 Å². The summed E-state index contributed by atoms with van der Waals surface area (Å²) in [6.45, 7) is 3.76. The number of hydrogen-bond donors (Lipinski definition) is 0. The number of ether oxygens (including phenoxy) is 1. The Labute approximate surface area is 264 Å². The second kappa shape index (κ2) is 13.7. The summed E-state index contributed by atoms with van der Waals surface area (Å²) >= 11 is 0. The summed E-state index contributed by atoms with van der Waals surface area (Å²) in [5.74, 6) is 7.73. The first kappa shape index (κ1) is 29.9. The van der Waals surface area contributed by atoms with Gasteiger partial charge in [-0.25, -0.2) is 14.8 Å². The van der Waals surface area contributed by atoms with Crippen molar-refractivity contribution in [3.05, 3.63) is 95.4 Å². The van der Waals surface area contributed by atoms with Crippen molar-refractivity contribution < 1.29 is 9.53 Å². The van der Waals surface area contributed by atoms with Crippen molar-refractivity contribution in [1.29, 1.82) is 5.26 Å². The first-order valence-electron chi connectivity index (χ1n) is 15.4. The minimum Gasteiger partial charge on any atom is -0.445 e. The molecule has 4 aromatic rings. The van der Waals surface area contributed by atoms with Crippen LogP contribution in [-0.4, -0.2) is 78.7 Å². The van der Waals surface area contributed by atoms with Crippen LogP contribution in [0.25, 0.3) is 10.8 Å². The van der Waals surface area contributed by atoms with E-state index in [2.05, 4.69) is 70.2 Å². The molecule has 0 N–H and O–H groups in total. The number of nitrogens with zero attached hydrogens (tertiary/aromatic N) is 7. The van der Waals surface area contributed by atoms with Crippen LogP contribution in [0, 0.1) is 23.2 Å². The van der Waals surface area contributed by atoms with Gasteiger partial charge in [0.2, 0.25) is 5.82 Å². The molecule has 6 rings (SSSR count). The van der Waals surface area contributed by atoms with Gasteiger partial charge in [0.15, 0.2) is 0 Å². The van der Waals surface area contributed by atoms with E-state index < -0.39 is 6.09 Å². The van der Waals surface area contributed by atoms with Crippen LogP contribution in [0.2, 0.25) is 0 Å². The highest BCUT2D eigenvalue weighted by Crippen LogP contribution is 2.34. The number of hydrogen-bond acceptors (Lipinski definition) is 8. The fourth-order valence-corrected chi connectivity index (χ4v) is 6.06. The van der Waals surface area contributed by atoms with E-state index in [-0.39, 0.29) is 19.1 Å². The highest BCUT2D eigenvalue weighted by atomic mass is 16.6. The Kier molecular flexibility index (Phi) is 9.09. The predicted octanol–water partition coefficient (Wildman–Crippen LogP) is 4.85. The number of amides is 1. The van der Waals surface area contributed by atoms with Gasteiger partial charge in [0.25, 0.3) is 0 Å². The van der Waals surface area contributed by atoms with Crippen LogP contribution in [0.5, 0.6) is 0 Å². The van der Waals surface area contributed by atoms with Crippen molar-refractivity contribution in [3.8, 4) is 17.9 Å². The van der Waals surface area contributed by atoms with Gasteiger partial charge in [-0.15, -0.1) is 0 Å². The molecule has 1 fully saturated rings. The zero-order valence-electron chi connectivity index (χ0n) is 25.8. The minimum absolute atomic E-state index is 0.195. The van der Waals surface area contributed by atoms with Gasteiger partial charge >= 0.3 is 6.09 Å². The standard InChI is InChI=1S/C36H37N7O2/c1-40(2)20-9-16-34-38-32-25-41(33-15-8-13-28-12-6-7-14-30(28)33)21-18-31(32)35(39-34)42-22-23-43(29(24-42)17-19-37)36(44)45-26-27-10-4-3-5-11-27/h3-8,10-15,29H,17-18,20-26H2,1-2H3/t29-/m0/s1. The lowest BCUT2D eigenvalue weighted by Gasteiger charge is -2.42. The zero-order chi connectivity index (χ0) is 31.2. The third kappa shape index (κ3) is 6.85. The van der Waals surface area contributed by atoms with Gasteiger partial charge in [-0.05, 0) is 43.5 Å². The quantitative estimate of drug-likeness (QED) is 0.291. The van der Waals surface area contributed by atoms with E-state index in [1.165, 1.54) is 16.5 Å². The van der Waals surface area contributed by atoms with Crippen molar-refractivity contribution in [1.82, 2.24) is 19.8 Å². The fourth-order valence-electron chi connectivity index (χ4n) is 6.06. The molecule has 0 unspecified atom stereocenters. The molecule has 9 heteroatoms. The van der Waals surface area contributed by atoms with Crippen LogP contribution in [0.15, 0.2) is 72.8 Å². The molecule has 228 valence electrons. The Balaban J connectivity index is 1.27. The molecule has 2 aliphatic heterocycles. The average molecular weight is 600 g/mol. The van der Waals surface area contributed by atoms with Gasteiger partial charge in [-0.1, -0.05) is 72.7 Å². The predicted molar refractivity (Wildman–Crippen MR) is 176 cm³/mol. The molecule has 0 spiro atoms. The van der Waals surface area contributed by atoms with Crippen LogP contribution >= 0.6 is 0 Å². The summed E-state index contributed by atoms with van der Waals surface area (Å²) in [7, 11) is 3.96. The summed E-state index contributed by atoms with van der Waals surface area (Å²) in [5.41, 5.74) is 4.19. The molecule has 2 aliphatic rings. The maximum absolute atomic E-state index is 13.1. The lowest BCUT2D eigenvalue weighted by atomic mass is 10.0. The first-order chi connectivity index (χ1) is 22.0. The molecule has 0 bridgehead atoms. The number of benzene rings is 3. The van der Waals surface area contributed by atoms with Gasteiger partial charge in [-0.2, -0.15) is 5.26 Å². The Hall–Kier alpha value is -5.12. The first-order valence-corrected chi connectivity index (χ1v) is 15.4. The molecule has 1 aromatic heterocycles. The van der Waals surface area contributed by atoms with Gasteiger partial charge in [0, 0.05) is 42.8 Å². The Morgan fingerprint density at radius 3 is 2.60 bits per heavy atom. The Bertz CT molecular complexity index is 1770. The molecule has 45 heavy (non-hydrogen) atoms. The van der Waals surface area contributed by atoms with Crippen LogP contribution in [0.4, 0.5) is 16.3 Å². The largest absolute Gasteiger partial charge is 0.445 e. The lowest BCUT2D eigenvalue weighted by molar-refractivity contribution is 0.0768. The number of carbonyl (C=O) groups is 1. The van der Waals surface area contributed by atoms with Gasteiger partial charge in [-0.3, -0.25) is 4.90 Å². The van der Waals surface area contributed by atoms with Crippen LogP contribution in [-0.2, 0) is 24.3 Å². The molecule has 1 amide bonds. The molecule has 1 atom stereocenters. The molecule has 0 saturated carbocycles. The average Bonchev–Trinajstić information content (AvgIpc) is 3.06. The maximum Gasteiger partial charge on any atom is 0.410 e. The van der Waals surface area contributed by atoms with Crippen molar-refractivity contribution >= 4 is 28.4 Å². The number of carbonyl (C=O) groups excluding carboxylic acids is 1. The van der Waals surface area contributed by atoms with Crippen LogP contribution in [0.3, 0.4) is 0 Å². The number of fused-ring (bicyclic) bond motifs is 2. The van der Waals surface area contributed by atoms with Crippen molar-refractivity contribution in [2.24, 2.45) is 0 Å². The van der Waals surface area contributed by atoms with E-state index in [4.69, 9.17) is 14.7 Å². The minimum atomic E-state index is -0.399. The number of piperazine rings is 1. The monoisotopic (exact) mass is 599 g/mol. The SMILES string of the molecule is CN(C)CC#Cc1nc2c(c(N3CCN(C(=O)OCc4ccccc4)[C@@H](CC#N)C3)n1)CCN(c1cccc3ccccc13)C2. The summed E-state index contributed by atoms with van der Waals surface area (Å²) < 4.78 is 5.65. The molecule has 9 nitrogen and oxygen atoms in total. The van der Waals surface area contributed by atoms with E-state index in [1.807, 2.05) is 49.3 Å². The van der Waals surface area contributed by atoms with E-state index >= 15 is 0 Å². The summed E-state index contributed by atoms with van der Waals surface area (Å²) in [6, 6.07) is 26.5. The van der Waals surface area contributed by atoms with Crippen molar-refractivity contribution in [2.75, 3.05) is 56.6 Å². The summed E-state index contributed by atoms with van der Waals surface area (Å²) in [6.07, 6.45) is 0.584. The number of nitriles is 1. The number of aromatic nitrogens is 2. The maximum atomic E-state index is 13.1. The molecule has 0 aliphatic carbocycles. The molecular weight excluding hydrogens is 562 g/mol. The van der Waals surface area contributed by atoms with Crippen LogP contribution in [0.1, 0.15) is 29.1 Å². The van der Waals surface area contributed by atoms with Crippen LogP contribution < -0.4 is 9.80 Å². The zero-order valence-corrected chi connectivity index (χ0v) is 25.8. The molecule has 1 saturated heterocycles. The molecule has 3 aromatic carbocycles. The Morgan fingerprint density at radius 1 is 0.978 bits per heavy atom. The van der Waals surface area contributed by atoms with E-state index in [0.29, 0.717) is 38.5 Å². The highest BCUT2D eigenvalue weighted by Gasteiger charge is 2.34. The Morgan fingerprint density at radius 2 is 1.78 bits per heavy atom. The van der Waals surface area contributed by atoms with Crippen molar-refractivity contribution in [3.63, 3.8) is 0 Å². The molecule has 3 heterocycles. The lowest BCUT2D eigenvalue weighted by Crippen LogP contribution is -2.55. The highest BCUT2D eigenvalue weighted by molar-refractivity contribution is 5.94. The summed E-state index contributed by atoms with van der Waals surface area (Å²) in [5, 5.41) is 12.1. The number of rotatable bonds is 6. The fraction of sp³-hybridized carbons (Fsp3) is 0.333. The molecule has 0 radical (unpaired) electrons. The topological polar surface area (TPSA) is 88.8 Å². The van der Waals surface area contributed by atoms with Crippen molar-refractivity contribution in [2.45, 2.75) is 32.0 Å². The van der Waals surface area contributed by atoms with Gasteiger partial charge in [0.05, 0.1) is 37.3 Å². The van der Waals surface area contributed by atoms with E-state index in [9.17, 15) is 10.1 Å².